The fraction of sp³-hybridized carbons (Fsp3) is 0.333. The molecule has 0 amide bonds. The summed E-state index contributed by atoms with van der Waals surface area (Å²) < 4.78 is 1.45. The van der Waals surface area contributed by atoms with E-state index in [1.807, 2.05) is 0 Å². The van der Waals surface area contributed by atoms with Crippen molar-refractivity contribution >= 4 is 19.4 Å². The van der Waals surface area contributed by atoms with E-state index in [9.17, 15) is 0 Å². The van der Waals surface area contributed by atoms with Gasteiger partial charge in [0.15, 0.2) is 0 Å². The molecule has 1 aromatic rings. The molecule has 2 heteroatoms. The molecular weight excluding hydrogens is 201 g/mol. The van der Waals surface area contributed by atoms with Crippen LogP contribution in [0.25, 0.3) is 0 Å². The molecule has 1 nitrogen and oxygen atoms in total. The Hall–Kier alpha value is -0.301. The molecule has 0 saturated carbocycles. The van der Waals surface area contributed by atoms with Crippen LogP contribution in [0.1, 0.15) is 5.56 Å². The Bertz CT molecular complexity index is 205. The number of nitrogens with two attached hydrogens (primary N) is 1. The van der Waals surface area contributed by atoms with Gasteiger partial charge in [-0.05, 0) is 0 Å². The molecular formula is C9H13NSe. The normalized spacial score (nSPS) is 10.0. The number of aryl methyl sites for hydroxylation is 1. The SMILES string of the molecule is Cc1ccc([Se]CCN)cc1. The summed E-state index contributed by atoms with van der Waals surface area (Å²) in [5.41, 5.74) is 6.75. The van der Waals surface area contributed by atoms with Crippen LogP contribution in [0.4, 0.5) is 0 Å². The zero-order valence-electron chi connectivity index (χ0n) is 6.71. The zero-order chi connectivity index (χ0) is 8.10. The number of rotatable bonds is 3. The van der Waals surface area contributed by atoms with E-state index in [-0.39, 0.29) is 0 Å². The first-order valence-corrected chi connectivity index (χ1v) is 5.79. The van der Waals surface area contributed by atoms with Crippen molar-refractivity contribution in [3.05, 3.63) is 29.8 Å². The van der Waals surface area contributed by atoms with Gasteiger partial charge in [0, 0.05) is 0 Å². The molecule has 2 N–H and O–H groups in total. The first-order chi connectivity index (χ1) is 5.33. The van der Waals surface area contributed by atoms with Crippen LogP contribution in [-0.2, 0) is 0 Å². The molecule has 0 fully saturated rings. The Kier molecular flexibility index (Phi) is 3.64. The second-order valence-corrected chi connectivity index (χ2v) is 4.90. The molecule has 0 bridgehead atoms. The number of hydrogen-bond acceptors (Lipinski definition) is 1. The molecule has 0 aliphatic rings. The Morgan fingerprint density at radius 3 is 2.45 bits per heavy atom. The van der Waals surface area contributed by atoms with Crippen LogP contribution >= 0.6 is 0 Å². The van der Waals surface area contributed by atoms with Crippen molar-refractivity contribution in [3.8, 4) is 0 Å². The first-order valence-electron chi connectivity index (χ1n) is 3.72. The van der Waals surface area contributed by atoms with Crippen LogP contribution in [0, 0.1) is 6.92 Å². The molecule has 0 aromatic heterocycles. The third-order valence-electron chi connectivity index (χ3n) is 1.41. The zero-order valence-corrected chi connectivity index (χ0v) is 8.42. The second kappa shape index (κ2) is 4.55. The van der Waals surface area contributed by atoms with Gasteiger partial charge in [-0.15, -0.1) is 0 Å². The maximum absolute atomic E-state index is 5.42. The van der Waals surface area contributed by atoms with Crippen LogP contribution in [0.2, 0.25) is 5.32 Å². The van der Waals surface area contributed by atoms with Crippen LogP contribution in [-0.4, -0.2) is 21.5 Å². The third-order valence-corrected chi connectivity index (χ3v) is 3.60. The van der Waals surface area contributed by atoms with E-state index in [1.165, 1.54) is 10.0 Å². The summed E-state index contributed by atoms with van der Waals surface area (Å²) in [6.07, 6.45) is 0. The van der Waals surface area contributed by atoms with Crippen molar-refractivity contribution in [3.63, 3.8) is 0 Å². The van der Waals surface area contributed by atoms with Gasteiger partial charge in [-0.25, -0.2) is 0 Å². The number of hydrogen-bond donors (Lipinski definition) is 1. The molecule has 0 aliphatic heterocycles. The van der Waals surface area contributed by atoms with Gasteiger partial charge >= 0.3 is 73.8 Å². The van der Waals surface area contributed by atoms with Gasteiger partial charge in [-0.2, -0.15) is 0 Å². The van der Waals surface area contributed by atoms with Crippen LogP contribution in [0.3, 0.4) is 0 Å². The standard InChI is InChI=1S/C9H13NSe/c1-8-2-4-9(5-3-8)11-7-6-10/h2-5H,6-7,10H2,1H3. The van der Waals surface area contributed by atoms with Gasteiger partial charge in [0.25, 0.3) is 0 Å². The van der Waals surface area contributed by atoms with Crippen molar-refractivity contribution in [2.45, 2.75) is 12.2 Å². The molecule has 0 unspecified atom stereocenters. The Balaban J connectivity index is 2.52. The minimum absolute atomic E-state index is 0.586. The van der Waals surface area contributed by atoms with E-state index < -0.39 is 0 Å². The van der Waals surface area contributed by atoms with Crippen molar-refractivity contribution in [2.24, 2.45) is 5.73 Å². The minimum atomic E-state index is 0.586. The molecule has 11 heavy (non-hydrogen) atoms. The molecule has 0 radical (unpaired) electrons. The van der Waals surface area contributed by atoms with Crippen LogP contribution < -0.4 is 10.2 Å². The summed E-state index contributed by atoms with van der Waals surface area (Å²) in [6.45, 7) is 2.92. The summed E-state index contributed by atoms with van der Waals surface area (Å²) in [5.74, 6) is 0. The summed E-state index contributed by atoms with van der Waals surface area (Å²) in [7, 11) is 0. The van der Waals surface area contributed by atoms with E-state index in [0.717, 1.165) is 11.9 Å². The molecule has 0 heterocycles. The first kappa shape index (κ1) is 8.79. The summed E-state index contributed by atoms with van der Waals surface area (Å²) in [6, 6.07) is 8.72. The predicted octanol–water partition coefficient (Wildman–Crippen LogP) is 0.702. The molecule has 60 valence electrons. The topological polar surface area (TPSA) is 26.0 Å². The van der Waals surface area contributed by atoms with Crippen LogP contribution in [0.15, 0.2) is 24.3 Å². The van der Waals surface area contributed by atoms with Gasteiger partial charge in [0.1, 0.15) is 0 Å². The van der Waals surface area contributed by atoms with Crippen molar-refractivity contribution < 1.29 is 0 Å². The maximum atomic E-state index is 5.42. The fourth-order valence-corrected chi connectivity index (χ4v) is 2.24. The van der Waals surface area contributed by atoms with Crippen LogP contribution in [0.5, 0.6) is 0 Å². The second-order valence-electron chi connectivity index (χ2n) is 2.45. The van der Waals surface area contributed by atoms with Gasteiger partial charge in [0.05, 0.1) is 0 Å². The molecule has 0 atom stereocenters. The molecule has 1 rings (SSSR count). The Morgan fingerprint density at radius 2 is 1.91 bits per heavy atom. The average molecular weight is 214 g/mol. The monoisotopic (exact) mass is 215 g/mol. The Labute approximate surface area is 74.1 Å². The van der Waals surface area contributed by atoms with Crippen molar-refractivity contribution in [1.29, 1.82) is 0 Å². The van der Waals surface area contributed by atoms with Crippen molar-refractivity contribution in [1.82, 2.24) is 0 Å². The molecule has 1 aromatic carbocycles. The quantitative estimate of drug-likeness (QED) is 0.736. The van der Waals surface area contributed by atoms with E-state index in [1.54, 1.807) is 0 Å². The molecule has 0 aliphatic carbocycles. The fourth-order valence-electron chi connectivity index (χ4n) is 0.811. The number of benzene rings is 1. The third kappa shape index (κ3) is 3.06. The van der Waals surface area contributed by atoms with Gasteiger partial charge in [0.2, 0.25) is 0 Å². The summed E-state index contributed by atoms with van der Waals surface area (Å²) in [4.78, 5) is 0. The van der Waals surface area contributed by atoms with Gasteiger partial charge in [-0.1, -0.05) is 0 Å². The summed E-state index contributed by atoms with van der Waals surface area (Å²) in [5, 5.41) is 1.15. The predicted molar refractivity (Wildman–Crippen MR) is 50.4 cm³/mol. The van der Waals surface area contributed by atoms with E-state index in [0.29, 0.717) is 15.0 Å². The van der Waals surface area contributed by atoms with E-state index in [2.05, 4.69) is 31.2 Å². The Morgan fingerprint density at radius 1 is 1.27 bits per heavy atom. The molecule has 0 spiro atoms. The van der Waals surface area contributed by atoms with Gasteiger partial charge in [-0.3, -0.25) is 0 Å². The summed E-state index contributed by atoms with van der Waals surface area (Å²) >= 11 is 0.586. The van der Waals surface area contributed by atoms with Gasteiger partial charge < -0.3 is 0 Å². The average Bonchev–Trinajstić information content (AvgIpc) is 2.04. The molecule has 0 saturated heterocycles. The van der Waals surface area contributed by atoms with Crippen molar-refractivity contribution in [2.75, 3.05) is 6.54 Å². The van der Waals surface area contributed by atoms with E-state index >= 15 is 0 Å². The van der Waals surface area contributed by atoms with E-state index in [4.69, 9.17) is 5.73 Å².